The van der Waals surface area contributed by atoms with E-state index in [1.54, 1.807) is 0 Å². The fraction of sp³-hybridized carbons (Fsp3) is 0.478. The Hall–Kier alpha value is -0.710. The van der Waals surface area contributed by atoms with Gasteiger partial charge < -0.3 is 10.6 Å². The SMILES string of the molecule is CSc1ccc(C(C)(C)C)cc1CN[C@@H]1CCCN[C@@H]1c1ccccc1.Cl.Cl. The van der Waals surface area contributed by atoms with E-state index in [2.05, 4.69) is 86.2 Å². The van der Waals surface area contributed by atoms with Crippen molar-refractivity contribution in [1.82, 2.24) is 10.6 Å². The van der Waals surface area contributed by atoms with Crippen LogP contribution < -0.4 is 10.6 Å². The third-order valence-electron chi connectivity index (χ3n) is 5.32. The normalized spacial score (nSPS) is 19.4. The van der Waals surface area contributed by atoms with Crippen LogP contribution in [-0.4, -0.2) is 18.8 Å². The maximum atomic E-state index is 3.86. The van der Waals surface area contributed by atoms with Crippen LogP contribution in [0.4, 0.5) is 0 Å². The Morgan fingerprint density at radius 2 is 1.79 bits per heavy atom. The summed E-state index contributed by atoms with van der Waals surface area (Å²) in [5.41, 5.74) is 4.40. The average Bonchev–Trinajstić information content (AvgIpc) is 2.66. The van der Waals surface area contributed by atoms with Gasteiger partial charge in [0.25, 0.3) is 0 Å². The fourth-order valence-corrected chi connectivity index (χ4v) is 4.34. The van der Waals surface area contributed by atoms with Crippen molar-refractivity contribution < 1.29 is 0 Å². The first-order valence-electron chi connectivity index (χ1n) is 9.68. The number of hydrogen-bond donors (Lipinski definition) is 2. The van der Waals surface area contributed by atoms with Crippen LogP contribution in [-0.2, 0) is 12.0 Å². The average molecular weight is 442 g/mol. The van der Waals surface area contributed by atoms with Crippen molar-refractivity contribution >= 4 is 36.6 Å². The van der Waals surface area contributed by atoms with Crippen LogP contribution in [0.3, 0.4) is 0 Å². The van der Waals surface area contributed by atoms with E-state index in [-0.39, 0.29) is 30.2 Å². The minimum atomic E-state index is 0. The summed E-state index contributed by atoms with van der Waals surface area (Å²) >= 11 is 1.84. The van der Waals surface area contributed by atoms with E-state index < -0.39 is 0 Å². The van der Waals surface area contributed by atoms with Crippen molar-refractivity contribution in [2.45, 2.75) is 62.6 Å². The van der Waals surface area contributed by atoms with Gasteiger partial charge in [0.05, 0.1) is 0 Å². The second kappa shape index (κ2) is 11.5. The van der Waals surface area contributed by atoms with Crippen LogP contribution in [0.25, 0.3) is 0 Å². The quantitative estimate of drug-likeness (QED) is 0.546. The van der Waals surface area contributed by atoms with Crippen LogP contribution >= 0.6 is 36.6 Å². The number of halogens is 2. The molecule has 0 bridgehead atoms. The molecule has 1 fully saturated rings. The molecule has 0 amide bonds. The number of hydrogen-bond acceptors (Lipinski definition) is 3. The molecule has 0 aliphatic carbocycles. The van der Waals surface area contributed by atoms with Gasteiger partial charge in [-0.3, -0.25) is 0 Å². The molecule has 1 heterocycles. The van der Waals surface area contributed by atoms with Crippen molar-refractivity contribution in [3.8, 4) is 0 Å². The van der Waals surface area contributed by atoms with Crippen molar-refractivity contribution in [2.24, 2.45) is 0 Å². The summed E-state index contributed by atoms with van der Waals surface area (Å²) in [6.45, 7) is 8.89. The topological polar surface area (TPSA) is 24.1 Å². The number of thioether (sulfide) groups is 1. The molecule has 2 atom stereocenters. The Morgan fingerprint density at radius 3 is 2.43 bits per heavy atom. The molecule has 0 radical (unpaired) electrons. The van der Waals surface area contributed by atoms with Gasteiger partial charge in [0.2, 0.25) is 0 Å². The highest BCUT2D eigenvalue weighted by Crippen LogP contribution is 2.29. The summed E-state index contributed by atoms with van der Waals surface area (Å²) in [6, 6.07) is 18.7. The van der Waals surface area contributed by atoms with Crippen LogP contribution in [0.2, 0.25) is 0 Å². The Labute approximate surface area is 187 Å². The molecule has 1 aliphatic heterocycles. The van der Waals surface area contributed by atoms with E-state index in [0.717, 1.165) is 13.1 Å². The highest BCUT2D eigenvalue weighted by molar-refractivity contribution is 7.98. The zero-order valence-electron chi connectivity index (χ0n) is 17.3. The van der Waals surface area contributed by atoms with Crippen molar-refractivity contribution in [3.63, 3.8) is 0 Å². The van der Waals surface area contributed by atoms with Gasteiger partial charge in [0.1, 0.15) is 0 Å². The van der Waals surface area contributed by atoms with Gasteiger partial charge >= 0.3 is 0 Å². The molecule has 1 saturated heterocycles. The van der Waals surface area contributed by atoms with Gasteiger partial charge in [-0.05, 0) is 53.8 Å². The monoisotopic (exact) mass is 440 g/mol. The van der Waals surface area contributed by atoms with E-state index in [9.17, 15) is 0 Å². The Morgan fingerprint density at radius 1 is 1.07 bits per heavy atom. The van der Waals surface area contributed by atoms with Crippen LogP contribution in [0, 0.1) is 0 Å². The summed E-state index contributed by atoms with van der Waals surface area (Å²) in [6.07, 6.45) is 4.63. The number of rotatable bonds is 5. The van der Waals surface area contributed by atoms with Crippen LogP contribution in [0.1, 0.15) is 56.3 Å². The van der Waals surface area contributed by atoms with Crippen molar-refractivity contribution in [3.05, 3.63) is 65.2 Å². The zero-order valence-corrected chi connectivity index (χ0v) is 19.8. The molecule has 0 saturated carbocycles. The van der Waals surface area contributed by atoms with Crippen molar-refractivity contribution in [2.75, 3.05) is 12.8 Å². The summed E-state index contributed by atoms with van der Waals surface area (Å²) in [7, 11) is 0. The lowest BCUT2D eigenvalue weighted by Crippen LogP contribution is -2.45. The molecule has 3 rings (SSSR count). The van der Waals surface area contributed by atoms with E-state index in [0.29, 0.717) is 12.1 Å². The fourth-order valence-electron chi connectivity index (χ4n) is 3.74. The highest BCUT2D eigenvalue weighted by atomic mass is 35.5. The van der Waals surface area contributed by atoms with Gasteiger partial charge in [-0.25, -0.2) is 0 Å². The number of piperidine rings is 1. The molecule has 1 aliphatic rings. The maximum Gasteiger partial charge on any atom is 0.0476 e. The maximum absolute atomic E-state index is 3.86. The van der Waals surface area contributed by atoms with E-state index in [1.807, 2.05) is 11.8 Å². The molecule has 0 unspecified atom stereocenters. The molecule has 5 heteroatoms. The Bertz CT molecular complexity index is 716. The number of benzene rings is 2. The first-order valence-corrected chi connectivity index (χ1v) is 10.9. The minimum absolute atomic E-state index is 0. The third-order valence-corrected chi connectivity index (χ3v) is 6.16. The molecule has 2 aromatic carbocycles. The summed E-state index contributed by atoms with van der Waals surface area (Å²) in [5, 5.41) is 7.58. The van der Waals surface area contributed by atoms with Gasteiger partial charge in [-0.1, -0.05) is 63.2 Å². The molecule has 28 heavy (non-hydrogen) atoms. The molecule has 2 aromatic rings. The highest BCUT2D eigenvalue weighted by Gasteiger charge is 2.26. The lowest BCUT2D eigenvalue weighted by Gasteiger charge is -2.34. The van der Waals surface area contributed by atoms with Crippen LogP contribution in [0.5, 0.6) is 0 Å². The smallest absolute Gasteiger partial charge is 0.0476 e. The largest absolute Gasteiger partial charge is 0.309 e. The van der Waals surface area contributed by atoms with Gasteiger partial charge in [0.15, 0.2) is 0 Å². The van der Waals surface area contributed by atoms with E-state index >= 15 is 0 Å². The summed E-state index contributed by atoms with van der Waals surface area (Å²) in [4.78, 5) is 1.38. The number of nitrogens with one attached hydrogen (secondary N) is 2. The second-order valence-electron chi connectivity index (χ2n) is 8.25. The van der Waals surface area contributed by atoms with Gasteiger partial charge in [0, 0.05) is 23.5 Å². The predicted molar refractivity (Wildman–Crippen MR) is 128 cm³/mol. The molecular weight excluding hydrogens is 407 g/mol. The lowest BCUT2D eigenvalue weighted by atomic mass is 9.86. The molecule has 156 valence electrons. The third kappa shape index (κ3) is 6.40. The van der Waals surface area contributed by atoms with Gasteiger partial charge in [-0.2, -0.15) is 0 Å². The standard InChI is InChI=1S/C23H32N2S.2ClH/c1-23(2,3)19-12-13-21(26-4)18(15-19)16-25-20-11-8-14-24-22(20)17-9-6-5-7-10-17;;/h5-7,9-10,12-13,15,20,22,24-25H,8,11,14,16H2,1-4H3;2*1H/t20-,22-;;/m1../s1. The molecule has 0 spiro atoms. The van der Waals surface area contributed by atoms with E-state index in [4.69, 9.17) is 0 Å². The molecular formula is C23H34Cl2N2S. The predicted octanol–water partition coefficient (Wildman–Crippen LogP) is 6.13. The first-order chi connectivity index (χ1) is 12.5. The zero-order chi connectivity index (χ0) is 18.6. The van der Waals surface area contributed by atoms with Crippen molar-refractivity contribution in [1.29, 1.82) is 0 Å². The Kier molecular flexibility index (Phi) is 10.4. The van der Waals surface area contributed by atoms with Crippen LogP contribution in [0.15, 0.2) is 53.4 Å². The van der Waals surface area contributed by atoms with Gasteiger partial charge in [-0.15, -0.1) is 36.6 Å². The summed E-state index contributed by atoms with van der Waals surface area (Å²) < 4.78 is 0. The molecule has 2 nitrogen and oxygen atoms in total. The lowest BCUT2D eigenvalue weighted by molar-refractivity contribution is 0.304. The summed E-state index contributed by atoms with van der Waals surface area (Å²) in [5.74, 6) is 0. The first kappa shape index (κ1) is 25.3. The second-order valence-corrected chi connectivity index (χ2v) is 9.10. The van der Waals surface area contributed by atoms with E-state index in [1.165, 1.54) is 34.4 Å². The minimum Gasteiger partial charge on any atom is -0.309 e. The Balaban J connectivity index is 0.00000196. The molecule has 0 aromatic heterocycles. The molecule has 2 N–H and O–H groups in total.